The first kappa shape index (κ1) is 20.1. The lowest BCUT2D eigenvalue weighted by Crippen LogP contribution is -2.51. The highest BCUT2D eigenvalue weighted by molar-refractivity contribution is 6.35. The van der Waals surface area contributed by atoms with E-state index in [1.807, 2.05) is 53.7 Å². The Morgan fingerprint density at radius 1 is 1.22 bits per heavy atom. The highest BCUT2D eigenvalue weighted by atomic mass is 35.5. The number of benzene rings is 1. The normalized spacial score (nSPS) is 13.6. The first-order valence-electron chi connectivity index (χ1n) is 7.59. The maximum Gasteiger partial charge on any atom is 0.408 e. The van der Waals surface area contributed by atoms with Crippen LogP contribution in [0.3, 0.4) is 0 Å². The highest BCUT2D eigenvalue weighted by Crippen LogP contribution is 2.26. The summed E-state index contributed by atoms with van der Waals surface area (Å²) in [6.45, 7) is 11.9. The van der Waals surface area contributed by atoms with Gasteiger partial charge in [-0.3, -0.25) is 0 Å². The van der Waals surface area contributed by atoms with Gasteiger partial charge in [-0.05, 0) is 59.2 Å². The number of amides is 1. The van der Waals surface area contributed by atoms with Crippen LogP contribution in [0, 0.1) is 0 Å². The minimum absolute atomic E-state index is 0.0273. The fourth-order valence-corrected chi connectivity index (χ4v) is 2.57. The van der Waals surface area contributed by atoms with Gasteiger partial charge < -0.3 is 15.4 Å². The smallest absolute Gasteiger partial charge is 0.408 e. The molecule has 1 amide bonds. The first-order valence-corrected chi connectivity index (χ1v) is 8.35. The Bertz CT molecular complexity index is 554. The molecule has 0 aliphatic carbocycles. The molecule has 0 aliphatic heterocycles. The van der Waals surface area contributed by atoms with E-state index in [0.29, 0.717) is 16.6 Å². The van der Waals surface area contributed by atoms with E-state index in [-0.39, 0.29) is 6.04 Å². The maximum absolute atomic E-state index is 11.9. The number of carbonyl (C=O) groups is 1. The van der Waals surface area contributed by atoms with Crippen molar-refractivity contribution in [3.05, 3.63) is 33.8 Å². The second-order valence-electron chi connectivity index (χ2n) is 7.28. The van der Waals surface area contributed by atoms with Crippen LogP contribution in [-0.2, 0) is 4.74 Å². The Morgan fingerprint density at radius 3 is 2.35 bits per heavy atom. The van der Waals surface area contributed by atoms with Crippen molar-refractivity contribution in [1.82, 2.24) is 10.6 Å². The molecule has 0 fully saturated rings. The molecule has 1 unspecified atom stereocenters. The van der Waals surface area contributed by atoms with Crippen LogP contribution in [0.4, 0.5) is 4.79 Å². The summed E-state index contributed by atoms with van der Waals surface area (Å²) in [5.41, 5.74) is -0.0168. The number of carbonyl (C=O) groups excluding carboxylic acids is 1. The van der Waals surface area contributed by atoms with E-state index in [9.17, 15) is 4.79 Å². The van der Waals surface area contributed by atoms with Crippen LogP contribution in [0.5, 0.6) is 0 Å². The fraction of sp³-hybridized carbons (Fsp3) is 0.588. The van der Waals surface area contributed by atoms with Gasteiger partial charge in [-0.2, -0.15) is 0 Å². The van der Waals surface area contributed by atoms with E-state index in [1.54, 1.807) is 6.07 Å². The van der Waals surface area contributed by atoms with Gasteiger partial charge in [0.05, 0.1) is 5.54 Å². The molecule has 1 aromatic rings. The Labute approximate surface area is 148 Å². The number of alkyl carbamates (subject to hydrolysis) is 1. The topological polar surface area (TPSA) is 50.4 Å². The second-order valence-corrected chi connectivity index (χ2v) is 8.12. The minimum atomic E-state index is -0.516. The van der Waals surface area contributed by atoms with Crippen LogP contribution in [0.1, 0.15) is 53.1 Å². The van der Waals surface area contributed by atoms with Crippen LogP contribution in [0.2, 0.25) is 10.0 Å². The molecule has 0 aliphatic rings. The second kappa shape index (κ2) is 7.73. The molecule has 0 aromatic heterocycles. The zero-order chi connectivity index (χ0) is 17.8. The zero-order valence-electron chi connectivity index (χ0n) is 14.6. The molecule has 0 saturated heterocycles. The van der Waals surface area contributed by atoms with E-state index in [2.05, 4.69) is 10.6 Å². The minimum Gasteiger partial charge on any atom is -0.444 e. The zero-order valence-corrected chi connectivity index (χ0v) is 16.1. The predicted octanol–water partition coefficient (Wildman–Crippen LogP) is 4.95. The van der Waals surface area contributed by atoms with Gasteiger partial charge in [0.2, 0.25) is 0 Å². The van der Waals surface area contributed by atoms with Gasteiger partial charge in [0.15, 0.2) is 0 Å². The summed E-state index contributed by atoms with van der Waals surface area (Å²) < 4.78 is 5.28. The molecule has 2 N–H and O–H groups in total. The van der Waals surface area contributed by atoms with Gasteiger partial charge in [-0.25, -0.2) is 4.79 Å². The lowest BCUT2D eigenvalue weighted by molar-refractivity contribution is 0.0471. The number of hydrogen-bond acceptors (Lipinski definition) is 3. The molecule has 23 heavy (non-hydrogen) atoms. The lowest BCUT2D eigenvalue weighted by atomic mass is 10.0. The summed E-state index contributed by atoms with van der Waals surface area (Å²) in [6.07, 6.45) is -0.429. The van der Waals surface area contributed by atoms with Gasteiger partial charge in [0.25, 0.3) is 0 Å². The van der Waals surface area contributed by atoms with Gasteiger partial charge in [-0.15, -0.1) is 0 Å². The lowest BCUT2D eigenvalue weighted by Gasteiger charge is -2.30. The summed E-state index contributed by atoms with van der Waals surface area (Å²) in [6, 6.07) is 5.46. The summed E-state index contributed by atoms with van der Waals surface area (Å²) in [5, 5.41) is 7.47. The molecule has 4 nitrogen and oxygen atoms in total. The van der Waals surface area contributed by atoms with Gasteiger partial charge >= 0.3 is 6.09 Å². The van der Waals surface area contributed by atoms with Crippen molar-refractivity contribution in [3.63, 3.8) is 0 Å². The Balaban J connectivity index is 2.59. The molecular weight excluding hydrogens is 335 g/mol. The number of rotatable bonds is 5. The van der Waals surface area contributed by atoms with Crippen LogP contribution >= 0.6 is 23.2 Å². The maximum atomic E-state index is 11.9. The molecule has 1 aromatic carbocycles. The van der Waals surface area contributed by atoms with Crippen molar-refractivity contribution in [2.24, 2.45) is 0 Å². The molecule has 130 valence electrons. The van der Waals surface area contributed by atoms with Crippen molar-refractivity contribution in [1.29, 1.82) is 0 Å². The number of nitrogens with one attached hydrogen (secondary N) is 2. The van der Waals surface area contributed by atoms with Crippen LogP contribution in [0.25, 0.3) is 0 Å². The molecule has 1 rings (SSSR count). The van der Waals surface area contributed by atoms with Crippen molar-refractivity contribution in [2.75, 3.05) is 6.54 Å². The molecule has 0 radical (unpaired) electrons. The quantitative estimate of drug-likeness (QED) is 0.780. The van der Waals surface area contributed by atoms with Crippen LogP contribution in [0.15, 0.2) is 18.2 Å². The Kier molecular flexibility index (Phi) is 6.75. The first-order chi connectivity index (χ1) is 10.4. The Hall–Kier alpha value is -0.970. The fourth-order valence-electron chi connectivity index (χ4n) is 1.99. The standard InChI is InChI=1S/C17H26Cl2N2O2/c1-11(13-8-7-12(18)9-14(13)19)20-10-17(5,6)21-15(22)23-16(2,3)4/h7-9,11,20H,10H2,1-6H3,(H,21,22). The van der Waals surface area contributed by atoms with Crippen LogP contribution in [-0.4, -0.2) is 23.8 Å². The largest absolute Gasteiger partial charge is 0.444 e. The molecule has 0 heterocycles. The number of halogens is 2. The number of hydrogen-bond donors (Lipinski definition) is 2. The van der Waals surface area contributed by atoms with Gasteiger partial charge in [-0.1, -0.05) is 29.3 Å². The SMILES string of the molecule is CC(NCC(C)(C)NC(=O)OC(C)(C)C)c1ccc(Cl)cc1Cl. The third-order valence-corrected chi connectivity index (χ3v) is 3.68. The van der Waals surface area contributed by atoms with E-state index in [1.165, 1.54) is 0 Å². The molecular formula is C17H26Cl2N2O2. The monoisotopic (exact) mass is 360 g/mol. The average molecular weight is 361 g/mol. The van der Waals surface area contributed by atoms with Crippen molar-refractivity contribution < 1.29 is 9.53 Å². The van der Waals surface area contributed by atoms with Crippen molar-refractivity contribution in [3.8, 4) is 0 Å². The molecule has 1 atom stereocenters. The summed E-state index contributed by atoms with van der Waals surface area (Å²) >= 11 is 12.1. The molecule has 0 saturated carbocycles. The van der Waals surface area contributed by atoms with Crippen molar-refractivity contribution >= 4 is 29.3 Å². The Morgan fingerprint density at radius 2 is 1.83 bits per heavy atom. The van der Waals surface area contributed by atoms with Gasteiger partial charge in [0, 0.05) is 22.6 Å². The molecule has 0 spiro atoms. The van der Waals surface area contributed by atoms with E-state index < -0.39 is 17.2 Å². The van der Waals surface area contributed by atoms with E-state index in [0.717, 1.165) is 5.56 Å². The molecule has 0 bridgehead atoms. The van der Waals surface area contributed by atoms with E-state index >= 15 is 0 Å². The summed E-state index contributed by atoms with van der Waals surface area (Å²) in [4.78, 5) is 11.9. The third-order valence-electron chi connectivity index (χ3n) is 3.12. The summed E-state index contributed by atoms with van der Waals surface area (Å²) in [7, 11) is 0. The van der Waals surface area contributed by atoms with Crippen LogP contribution < -0.4 is 10.6 Å². The summed E-state index contributed by atoms with van der Waals surface area (Å²) in [5.74, 6) is 0. The number of ether oxygens (including phenoxy) is 1. The predicted molar refractivity (Wildman–Crippen MR) is 96.3 cm³/mol. The van der Waals surface area contributed by atoms with Crippen molar-refractivity contribution in [2.45, 2.75) is 58.7 Å². The van der Waals surface area contributed by atoms with Gasteiger partial charge in [0.1, 0.15) is 5.60 Å². The highest BCUT2D eigenvalue weighted by Gasteiger charge is 2.25. The van der Waals surface area contributed by atoms with E-state index in [4.69, 9.17) is 27.9 Å². The average Bonchev–Trinajstić information content (AvgIpc) is 2.32. The third kappa shape index (κ3) is 7.42. The molecule has 6 heteroatoms.